The van der Waals surface area contributed by atoms with Crippen LogP contribution in [0.3, 0.4) is 0 Å². The van der Waals surface area contributed by atoms with Crippen molar-refractivity contribution in [2.24, 2.45) is 5.73 Å². The van der Waals surface area contributed by atoms with Gasteiger partial charge in [-0.25, -0.2) is 0 Å². The van der Waals surface area contributed by atoms with Crippen LogP contribution in [0.2, 0.25) is 0 Å². The molecule has 0 spiro atoms. The minimum atomic E-state index is 0.405. The van der Waals surface area contributed by atoms with Crippen LogP contribution in [0.15, 0.2) is 28.7 Å². The molecule has 1 aromatic rings. The number of hydrogen-bond acceptors (Lipinski definition) is 2. The normalized spacial score (nSPS) is 12.8. The van der Waals surface area contributed by atoms with Crippen molar-refractivity contribution in [2.45, 2.75) is 19.4 Å². The van der Waals surface area contributed by atoms with E-state index >= 15 is 0 Å². The summed E-state index contributed by atoms with van der Waals surface area (Å²) in [4.78, 5) is 0. The third-order valence-corrected chi connectivity index (χ3v) is 2.64. The fourth-order valence-corrected chi connectivity index (χ4v) is 1.69. The van der Waals surface area contributed by atoms with Crippen LogP contribution in [0, 0.1) is 0 Å². The van der Waals surface area contributed by atoms with Crippen molar-refractivity contribution in [3.63, 3.8) is 0 Å². The number of halogens is 1. The Kier molecular flexibility index (Phi) is 5.15. The highest BCUT2D eigenvalue weighted by atomic mass is 79.9. The molecule has 1 atom stereocenters. The second-order valence-electron chi connectivity index (χ2n) is 3.47. The first-order chi connectivity index (χ1) is 6.72. The third-order valence-electron chi connectivity index (χ3n) is 2.15. The molecule has 0 fully saturated rings. The van der Waals surface area contributed by atoms with Gasteiger partial charge in [0.2, 0.25) is 0 Å². The summed E-state index contributed by atoms with van der Waals surface area (Å²) in [6.07, 6.45) is 1.05. The molecule has 0 unspecified atom stereocenters. The molecule has 0 radical (unpaired) electrons. The van der Waals surface area contributed by atoms with Crippen molar-refractivity contribution in [3.05, 3.63) is 34.3 Å². The van der Waals surface area contributed by atoms with Gasteiger partial charge < -0.3 is 11.1 Å². The fourth-order valence-electron chi connectivity index (χ4n) is 1.24. The smallest absolute Gasteiger partial charge is 0.0178 e. The Morgan fingerprint density at radius 1 is 1.50 bits per heavy atom. The SMILES string of the molecule is C[C@H](CN)NCCc1cccc(Br)c1. The molecule has 0 heterocycles. The molecule has 3 heteroatoms. The van der Waals surface area contributed by atoms with E-state index in [4.69, 9.17) is 5.73 Å². The maximum atomic E-state index is 5.51. The first-order valence-electron chi connectivity index (χ1n) is 4.90. The molecule has 1 aromatic carbocycles. The van der Waals surface area contributed by atoms with Gasteiger partial charge in [-0.3, -0.25) is 0 Å². The van der Waals surface area contributed by atoms with Crippen molar-refractivity contribution < 1.29 is 0 Å². The molecule has 2 nitrogen and oxygen atoms in total. The molecule has 3 N–H and O–H groups in total. The van der Waals surface area contributed by atoms with Crippen LogP contribution in [0.1, 0.15) is 12.5 Å². The third kappa shape index (κ3) is 4.22. The van der Waals surface area contributed by atoms with Gasteiger partial charge in [-0.2, -0.15) is 0 Å². The zero-order valence-electron chi connectivity index (χ0n) is 8.46. The highest BCUT2D eigenvalue weighted by Gasteiger charge is 1.97. The predicted molar refractivity (Wildman–Crippen MR) is 64.4 cm³/mol. The predicted octanol–water partition coefficient (Wildman–Crippen LogP) is 1.93. The zero-order chi connectivity index (χ0) is 10.4. The highest BCUT2D eigenvalue weighted by molar-refractivity contribution is 9.10. The summed E-state index contributed by atoms with van der Waals surface area (Å²) in [7, 11) is 0. The number of nitrogens with one attached hydrogen (secondary N) is 1. The molecule has 1 rings (SSSR count). The lowest BCUT2D eigenvalue weighted by molar-refractivity contribution is 0.559. The van der Waals surface area contributed by atoms with E-state index in [2.05, 4.69) is 46.4 Å². The van der Waals surface area contributed by atoms with E-state index in [9.17, 15) is 0 Å². The van der Waals surface area contributed by atoms with Gasteiger partial charge >= 0.3 is 0 Å². The van der Waals surface area contributed by atoms with Crippen molar-refractivity contribution in [1.82, 2.24) is 5.32 Å². The van der Waals surface area contributed by atoms with E-state index in [-0.39, 0.29) is 0 Å². The fraction of sp³-hybridized carbons (Fsp3) is 0.455. The lowest BCUT2D eigenvalue weighted by Gasteiger charge is -2.10. The van der Waals surface area contributed by atoms with Gasteiger partial charge in [0.1, 0.15) is 0 Å². The Labute approximate surface area is 94.0 Å². The first kappa shape index (κ1) is 11.7. The van der Waals surface area contributed by atoms with Gasteiger partial charge in [0.25, 0.3) is 0 Å². The van der Waals surface area contributed by atoms with E-state index in [0.29, 0.717) is 12.6 Å². The van der Waals surface area contributed by atoms with Crippen molar-refractivity contribution in [3.8, 4) is 0 Å². The molecule has 0 aromatic heterocycles. The molecule has 0 bridgehead atoms. The molecular formula is C11H17BrN2. The van der Waals surface area contributed by atoms with Crippen LogP contribution in [0.25, 0.3) is 0 Å². The van der Waals surface area contributed by atoms with E-state index in [1.165, 1.54) is 5.56 Å². The summed E-state index contributed by atoms with van der Waals surface area (Å²) >= 11 is 3.46. The Balaban J connectivity index is 2.31. The Hall–Kier alpha value is -0.380. The van der Waals surface area contributed by atoms with Gasteiger partial charge in [-0.1, -0.05) is 28.1 Å². The molecule has 0 saturated heterocycles. The maximum Gasteiger partial charge on any atom is 0.0178 e. The van der Waals surface area contributed by atoms with Gasteiger partial charge in [-0.05, 0) is 37.6 Å². The summed E-state index contributed by atoms with van der Waals surface area (Å²) < 4.78 is 1.14. The van der Waals surface area contributed by atoms with Gasteiger partial charge in [0, 0.05) is 17.1 Å². The lowest BCUT2D eigenvalue weighted by atomic mass is 10.1. The average Bonchev–Trinajstić information content (AvgIpc) is 2.17. The van der Waals surface area contributed by atoms with E-state index in [0.717, 1.165) is 17.4 Å². The number of nitrogens with two attached hydrogens (primary N) is 1. The second kappa shape index (κ2) is 6.17. The summed E-state index contributed by atoms with van der Waals surface area (Å²) in [6.45, 7) is 3.77. The largest absolute Gasteiger partial charge is 0.329 e. The van der Waals surface area contributed by atoms with Crippen LogP contribution in [0.4, 0.5) is 0 Å². The van der Waals surface area contributed by atoms with Crippen molar-refractivity contribution >= 4 is 15.9 Å². The molecule has 0 amide bonds. The van der Waals surface area contributed by atoms with Crippen molar-refractivity contribution in [2.75, 3.05) is 13.1 Å². The standard InChI is InChI=1S/C11H17BrN2/c1-9(8-13)14-6-5-10-3-2-4-11(12)7-10/h2-4,7,9,14H,5-6,8,13H2,1H3/t9-/m1/s1. The van der Waals surface area contributed by atoms with Crippen molar-refractivity contribution in [1.29, 1.82) is 0 Å². The van der Waals surface area contributed by atoms with Gasteiger partial charge in [0.05, 0.1) is 0 Å². The topological polar surface area (TPSA) is 38.0 Å². The molecule has 0 aliphatic carbocycles. The first-order valence-corrected chi connectivity index (χ1v) is 5.69. The number of hydrogen-bond donors (Lipinski definition) is 2. The number of rotatable bonds is 5. The van der Waals surface area contributed by atoms with Crippen LogP contribution in [-0.2, 0) is 6.42 Å². The Bertz CT molecular complexity index is 276. The molecular weight excluding hydrogens is 240 g/mol. The van der Waals surface area contributed by atoms with E-state index < -0.39 is 0 Å². The molecule has 78 valence electrons. The second-order valence-corrected chi connectivity index (χ2v) is 4.39. The Morgan fingerprint density at radius 2 is 2.29 bits per heavy atom. The zero-order valence-corrected chi connectivity index (χ0v) is 10.0. The molecule has 0 aliphatic heterocycles. The number of benzene rings is 1. The van der Waals surface area contributed by atoms with Crippen LogP contribution < -0.4 is 11.1 Å². The summed E-state index contributed by atoms with van der Waals surface area (Å²) in [5, 5.41) is 3.36. The van der Waals surface area contributed by atoms with Crippen LogP contribution in [0.5, 0.6) is 0 Å². The minimum Gasteiger partial charge on any atom is -0.329 e. The highest BCUT2D eigenvalue weighted by Crippen LogP contribution is 2.11. The van der Waals surface area contributed by atoms with Crippen LogP contribution >= 0.6 is 15.9 Å². The summed E-state index contributed by atoms with van der Waals surface area (Å²) in [5.74, 6) is 0. The molecule has 0 aliphatic rings. The van der Waals surface area contributed by atoms with E-state index in [1.807, 2.05) is 6.07 Å². The average molecular weight is 257 g/mol. The van der Waals surface area contributed by atoms with Crippen LogP contribution in [-0.4, -0.2) is 19.1 Å². The lowest BCUT2D eigenvalue weighted by Crippen LogP contribution is -2.34. The molecule has 14 heavy (non-hydrogen) atoms. The summed E-state index contributed by atoms with van der Waals surface area (Å²) in [5.41, 5.74) is 6.85. The molecule has 0 saturated carbocycles. The quantitative estimate of drug-likeness (QED) is 0.845. The maximum absolute atomic E-state index is 5.51. The minimum absolute atomic E-state index is 0.405. The summed E-state index contributed by atoms with van der Waals surface area (Å²) in [6, 6.07) is 8.79. The Morgan fingerprint density at radius 3 is 2.93 bits per heavy atom. The van der Waals surface area contributed by atoms with Gasteiger partial charge in [-0.15, -0.1) is 0 Å². The van der Waals surface area contributed by atoms with E-state index in [1.54, 1.807) is 0 Å². The van der Waals surface area contributed by atoms with Gasteiger partial charge in [0.15, 0.2) is 0 Å². The monoisotopic (exact) mass is 256 g/mol.